The topological polar surface area (TPSA) is 24.4 Å². The van der Waals surface area contributed by atoms with E-state index in [1.165, 1.54) is 12.7 Å². The molecule has 0 saturated carbocycles. The van der Waals surface area contributed by atoms with Gasteiger partial charge in [-0.05, 0) is 0 Å². The molecule has 0 fully saturated rings. The van der Waals surface area contributed by atoms with Gasteiger partial charge < -0.3 is 5.32 Å². The second kappa shape index (κ2) is 2.13. The molecular weight excluding hydrogens is 131 g/mol. The van der Waals surface area contributed by atoms with Crippen molar-refractivity contribution < 1.29 is 4.39 Å². The van der Waals surface area contributed by atoms with Crippen LogP contribution in [0.15, 0.2) is 16.2 Å². The Hall–Kier alpha value is -0.570. The predicted molar refractivity (Wildman–Crippen MR) is 29.9 cm³/mol. The summed E-state index contributed by atoms with van der Waals surface area (Å²) in [7, 11) is 0. The molecule has 1 aliphatic rings. The standard InChI is InChI=1S/C4H3ClFN2/c5-3-1-7-4(6)8-2-3/h1-2H,(H,7,8). The van der Waals surface area contributed by atoms with Gasteiger partial charge in [-0.1, -0.05) is 11.6 Å². The summed E-state index contributed by atoms with van der Waals surface area (Å²) in [5, 5.41) is 2.58. The Kier molecular flexibility index (Phi) is 1.48. The first-order valence-corrected chi connectivity index (χ1v) is 2.35. The molecule has 2 nitrogen and oxygen atoms in total. The fourth-order valence-electron chi connectivity index (χ4n) is 0.321. The van der Waals surface area contributed by atoms with Crippen LogP contribution in [0.2, 0.25) is 0 Å². The first kappa shape index (κ1) is 5.56. The zero-order valence-corrected chi connectivity index (χ0v) is 4.61. The van der Waals surface area contributed by atoms with Crippen molar-refractivity contribution in [3.63, 3.8) is 0 Å². The van der Waals surface area contributed by atoms with Crippen molar-refractivity contribution in [1.29, 1.82) is 0 Å². The molecular formula is C4H3ClFN2. The third-order valence-electron chi connectivity index (χ3n) is 0.630. The van der Waals surface area contributed by atoms with E-state index in [0.29, 0.717) is 5.03 Å². The van der Waals surface area contributed by atoms with E-state index in [-0.39, 0.29) is 0 Å². The van der Waals surface area contributed by atoms with Crippen LogP contribution in [0.4, 0.5) is 4.39 Å². The maximum Gasteiger partial charge on any atom is 0.283 e. The molecule has 0 aliphatic carbocycles. The van der Waals surface area contributed by atoms with Crippen LogP contribution in [0.3, 0.4) is 0 Å². The van der Waals surface area contributed by atoms with Crippen LogP contribution in [-0.4, -0.2) is 6.09 Å². The Morgan fingerprint density at radius 3 is 2.88 bits per heavy atom. The lowest BCUT2D eigenvalue weighted by Crippen LogP contribution is -2.17. The molecule has 1 aliphatic heterocycles. The number of hydrogen-bond donors (Lipinski definition) is 1. The summed E-state index contributed by atoms with van der Waals surface area (Å²) in [4.78, 5) is 3.22. The van der Waals surface area contributed by atoms with E-state index >= 15 is 0 Å². The van der Waals surface area contributed by atoms with Crippen LogP contribution < -0.4 is 5.32 Å². The largest absolute Gasteiger partial charge is 0.336 e. The van der Waals surface area contributed by atoms with E-state index in [0.717, 1.165) is 0 Å². The number of rotatable bonds is 0. The van der Waals surface area contributed by atoms with E-state index < -0.39 is 6.09 Å². The number of halogens is 2. The van der Waals surface area contributed by atoms with Crippen molar-refractivity contribution >= 4 is 17.7 Å². The number of aliphatic imine (C=N–C) groups is 1. The van der Waals surface area contributed by atoms with Gasteiger partial charge in [-0.3, -0.25) is 0 Å². The molecule has 0 amide bonds. The Morgan fingerprint density at radius 1 is 1.75 bits per heavy atom. The average Bonchev–Trinajstić information content (AvgIpc) is 1.77. The smallest absolute Gasteiger partial charge is 0.283 e. The summed E-state index contributed by atoms with van der Waals surface area (Å²) >= 11 is 5.35. The summed E-state index contributed by atoms with van der Waals surface area (Å²) in [6.45, 7) is 1.32. The van der Waals surface area contributed by atoms with Crippen molar-refractivity contribution in [2.75, 3.05) is 0 Å². The molecule has 0 unspecified atom stereocenters. The molecule has 4 heteroatoms. The number of hydrogen-bond acceptors (Lipinski definition) is 2. The van der Waals surface area contributed by atoms with Gasteiger partial charge in [0.25, 0.3) is 6.09 Å². The molecule has 0 atom stereocenters. The van der Waals surface area contributed by atoms with E-state index in [2.05, 4.69) is 10.3 Å². The highest BCUT2D eigenvalue weighted by Crippen LogP contribution is 2.06. The lowest BCUT2D eigenvalue weighted by molar-refractivity contribution is 0.746. The highest BCUT2D eigenvalue weighted by atomic mass is 35.5. The number of nitrogens with one attached hydrogen (secondary N) is 1. The highest BCUT2D eigenvalue weighted by molar-refractivity contribution is 6.31. The Balaban J connectivity index is 2.65. The zero-order valence-electron chi connectivity index (χ0n) is 3.86. The summed E-state index contributed by atoms with van der Waals surface area (Å²) in [5.74, 6) is 0. The average molecular weight is 134 g/mol. The summed E-state index contributed by atoms with van der Waals surface area (Å²) < 4.78 is 11.9. The number of amidine groups is 1. The predicted octanol–water partition coefficient (Wildman–Crippen LogP) is 1.16. The Bertz CT molecular complexity index is 134. The van der Waals surface area contributed by atoms with Crippen molar-refractivity contribution in [2.24, 2.45) is 4.99 Å². The van der Waals surface area contributed by atoms with Gasteiger partial charge in [0, 0.05) is 6.20 Å². The summed E-state index contributed by atoms with van der Waals surface area (Å²) in [6.07, 6.45) is 0.599. The Morgan fingerprint density at radius 2 is 2.50 bits per heavy atom. The fourth-order valence-corrected chi connectivity index (χ4v) is 0.425. The Labute approximate surface area is 51.1 Å². The maximum atomic E-state index is 11.9. The third-order valence-corrected chi connectivity index (χ3v) is 0.837. The molecule has 0 aromatic rings. The van der Waals surface area contributed by atoms with Crippen LogP contribution >= 0.6 is 11.6 Å². The molecule has 1 heterocycles. The van der Waals surface area contributed by atoms with Crippen LogP contribution in [-0.2, 0) is 0 Å². The third kappa shape index (κ3) is 1.20. The van der Waals surface area contributed by atoms with Crippen molar-refractivity contribution in [3.8, 4) is 0 Å². The van der Waals surface area contributed by atoms with Gasteiger partial charge in [0.1, 0.15) is 0 Å². The zero-order chi connectivity index (χ0) is 5.98. The van der Waals surface area contributed by atoms with E-state index in [1.807, 2.05) is 0 Å². The fraction of sp³-hybridized carbons (Fsp3) is 0. The molecule has 1 radical (unpaired) electrons. The monoisotopic (exact) mass is 133 g/mol. The van der Waals surface area contributed by atoms with Crippen molar-refractivity contribution in [2.45, 2.75) is 0 Å². The minimum atomic E-state index is -0.630. The lowest BCUT2D eigenvalue weighted by atomic mass is 10.5. The summed E-state index contributed by atoms with van der Waals surface area (Å²) in [5.41, 5.74) is 0. The van der Waals surface area contributed by atoms with E-state index in [4.69, 9.17) is 11.6 Å². The van der Waals surface area contributed by atoms with Gasteiger partial charge in [-0.25, -0.2) is 4.99 Å². The quantitative estimate of drug-likeness (QED) is 0.493. The molecule has 8 heavy (non-hydrogen) atoms. The summed E-state index contributed by atoms with van der Waals surface area (Å²) in [6, 6.07) is 0. The molecule has 0 spiro atoms. The first-order valence-electron chi connectivity index (χ1n) is 1.98. The molecule has 0 bridgehead atoms. The molecule has 1 rings (SSSR count). The molecule has 0 aromatic heterocycles. The lowest BCUT2D eigenvalue weighted by Gasteiger charge is -2.02. The molecule has 43 valence electrons. The number of nitrogens with zero attached hydrogens (tertiary/aromatic N) is 1. The second-order valence-electron chi connectivity index (χ2n) is 1.22. The minimum Gasteiger partial charge on any atom is -0.336 e. The van der Waals surface area contributed by atoms with Crippen LogP contribution in [0.5, 0.6) is 0 Å². The van der Waals surface area contributed by atoms with Gasteiger partial charge in [-0.15, -0.1) is 0 Å². The van der Waals surface area contributed by atoms with Gasteiger partial charge >= 0.3 is 0 Å². The first-order chi connectivity index (χ1) is 3.79. The highest BCUT2D eigenvalue weighted by Gasteiger charge is 2.01. The van der Waals surface area contributed by atoms with E-state index in [1.54, 1.807) is 0 Å². The van der Waals surface area contributed by atoms with Crippen molar-refractivity contribution in [1.82, 2.24) is 5.32 Å². The normalized spacial score (nSPS) is 18.8. The van der Waals surface area contributed by atoms with Crippen LogP contribution in [0, 0.1) is 6.54 Å². The van der Waals surface area contributed by atoms with Crippen LogP contribution in [0.25, 0.3) is 0 Å². The molecule has 0 saturated heterocycles. The minimum absolute atomic E-state index is 0.395. The van der Waals surface area contributed by atoms with Gasteiger partial charge in [0.2, 0.25) is 0 Å². The SMILES string of the molecule is FC1=NC=C(Cl)[CH]N1. The second-order valence-corrected chi connectivity index (χ2v) is 1.66. The maximum absolute atomic E-state index is 11.9. The van der Waals surface area contributed by atoms with Crippen molar-refractivity contribution in [3.05, 3.63) is 17.8 Å². The molecule has 0 aromatic carbocycles. The van der Waals surface area contributed by atoms with Gasteiger partial charge in [-0.2, -0.15) is 4.39 Å². The molecule has 1 N–H and O–H groups in total. The van der Waals surface area contributed by atoms with E-state index in [9.17, 15) is 4.39 Å². The van der Waals surface area contributed by atoms with Crippen LogP contribution in [0.1, 0.15) is 0 Å². The van der Waals surface area contributed by atoms with Gasteiger partial charge in [0.05, 0.1) is 11.6 Å². The van der Waals surface area contributed by atoms with Gasteiger partial charge in [0.15, 0.2) is 0 Å².